The Morgan fingerprint density at radius 2 is 1.48 bits per heavy atom. The molecule has 3 aromatic carbocycles. The van der Waals surface area contributed by atoms with E-state index in [9.17, 15) is 9.59 Å². The number of benzene rings is 3. The van der Waals surface area contributed by atoms with Gasteiger partial charge in [0.1, 0.15) is 5.82 Å². The number of pyridine rings is 1. The molecule has 0 unspecified atom stereocenters. The Balaban J connectivity index is 1.49. The Labute approximate surface area is 190 Å². The molecule has 0 spiro atoms. The predicted octanol–water partition coefficient (Wildman–Crippen LogP) is 5.21. The topological polar surface area (TPSA) is 76.9 Å². The molecule has 2 aromatic heterocycles. The Kier molecular flexibility index (Phi) is 5.24. The molecule has 160 valence electrons. The van der Waals surface area contributed by atoms with E-state index in [0.717, 1.165) is 16.6 Å². The van der Waals surface area contributed by atoms with Gasteiger partial charge in [0, 0.05) is 22.6 Å². The highest BCUT2D eigenvalue weighted by Crippen LogP contribution is 2.21. The van der Waals surface area contributed by atoms with Crippen LogP contribution in [0.2, 0.25) is 0 Å². The van der Waals surface area contributed by atoms with Crippen LogP contribution in [-0.4, -0.2) is 26.5 Å². The van der Waals surface area contributed by atoms with Gasteiger partial charge in [-0.25, -0.2) is 4.98 Å². The molecule has 33 heavy (non-hydrogen) atoms. The average Bonchev–Trinajstić information content (AvgIpc) is 3.23. The van der Waals surface area contributed by atoms with Gasteiger partial charge < -0.3 is 5.32 Å². The number of ketones is 1. The number of carbonyl (C=O) groups is 2. The van der Waals surface area contributed by atoms with Gasteiger partial charge in [-0.15, -0.1) is 0 Å². The first kappa shape index (κ1) is 20.3. The molecule has 5 rings (SSSR count). The van der Waals surface area contributed by atoms with E-state index in [-0.39, 0.29) is 5.78 Å². The van der Waals surface area contributed by atoms with Gasteiger partial charge in [0.25, 0.3) is 5.91 Å². The third-order valence-corrected chi connectivity index (χ3v) is 5.33. The van der Waals surface area contributed by atoms with Crippen LogP contribution < -0.4 is 5.32 Å². The van der Waals surface area contributed by atoms with Crippen LogP contribution in [0.4, 0.5) is 5.82 Å². The van der Waals surface area contributed by atoms with Gasteiger partial charge >= 0.3 is 0 Å². The lowest BCUT2D eigenvalue weighted by atomic mass is 9.98. The SMILES string of the molecule is Cc1cc(NC(=O)c2ccccc2C(=O)c2ccccc2)n(-c2ccc3ccccc3n2)n1. The van der Waals surface area contributed by atoms with E-state index in [0.29, 0.717) is 28.3 Å². The van der Waals surface area contributed by atoms with Crippen molar-refractivity contribution in [1.82, 2.24) is 14.8 Å². The highest BCUT2D eigenvalue weighted by Gasteiger charge is 2.20. The smallest absolute Gasteiger partial charge is 0.257 e. The maximum absolute atomic E-state index is 13.3. The lowest BCUT2D eigenvalue weighted by Crippen LogP contribution is -2.19. The molecule has 6 heteroatoms. The summed E-state index contributed by atoms with van der Waals surface area (Å²) in [5.74, 6) is 0.465. The maximum atomic E-state index is 13.3. The van der Waals surface area contributed by atoms with Crippen molar-refractivity contribution in [3.8, 4) is 5.82 Å². The van der Waals surface area contributed by atoms with E-state index < -0.39 is 5.91 Å². The van der Waals surface area contributed by atoms with Crippen LogP contribution in [0.3, 0.4) is 0 Å². The molecule has 6 nitrogen and oxygen atoms in total. The summed E-state index contributed by atoms with van der Waals surface area (Å²) in [6.07, 6.45) is 0. The van der Waals surface area contributed by atoms with Gasteiger partial charge in [-0.2, -0.15) is 9.78 Å². The zero-order valence-corrected chi connectivity index (χ0v) is 17.9. The van der Waals surface area contributed by atoms with Gasteiger partial charge in [0.05, 0.1) is 16.8 Å². The minimum absolute atomic E-state index is 0.206. The van der Waals surface area contributed by atoms with Crippen molar-refractivity contribution < 1.29 is 9.59 Å². The van der Waals surface area contributed by atoms with Crippen molar-refractivity contribution in [2.45, 2.75) is 6.92 Å². The van der Waals surface area contributed by atoms with E-state index >= 15 is 0 Å². The van der Waals surface area contributed by atoms with Crippen molar-refractivity contribution in [2.75, 3.05) is 5.32 Å². The third-order valence-electron chi connectivity index (χ3n) is 5.33. The highest BCUT2D eigenvalue weighted by molar-refractivity contribution is 6.17. The molecule has 0 aliphatic carbocycles. The average molecular weight is 432 g/mol. The number of fused-ring (bicyclic) bond motifs is 1. The van der Waals surface area contributed by atoms with E-state index in [1.54, 1.807) is 59.3 Å². The molecule has 2 heterocycles. The van der Waals surface area contributed by atoms with Gasteiger partial charge in [0.2, 0.25) is 0 Å². The predicted molar refractivity (Wildman–Crippen MR) is 128 cm³/mol. The van der Waals surface area contributed by atoms with Crippen LogP contribution >= 0.6 is 0 Å². The van der Waals surface area contributed by atoms with Crippen molar-refractivity contribution in [2.24, 2.45) is 0 Å². The van der Waals surface area contributed by atoms with Crippen LogP contribution in [0, 0.1) is 6.92 Å². The number of aryl methyl sites for hydroxylation is 1. The Bertz CT molecular complexity index is 1490. The van der Waals surface area contributed by atoms with Gasteiger partial charge in [0.15, 0.2) is 11.6 Å². The molecule has 0 aliphatic rings. The monoisotopic (exact) mass is 432 g/mol. The van der Waals surface area contributed by atoms with Crippen LogP contribution in [-0.2, 0) is 0 Å². The fourth-order valence-electron chi connectivity index (χ4n) is 3.74. The van der Waals surface area contributed by atoms with Crippen LogP contribution in [0.1, 0.15) is 32.0 Å². The number of amides is 1. The Morgan fingerprint density at radius 3 is 2.30 bits per heavy atom. The first-order chi connectivity index (χ1) is 16.1. The van der Waals surface area contributed by atoms with Gasteiger partial charge in [-0.3, -0.25) is 9.59 Å². The molecular formula is C27H20N4O2. The molecule has 0 fully saturated rings. The Morgan fingerprint density at radius 1 is 0.788 bits per heavy atom. The second-order valence-electron chi connectivity index (χ2n) is 7.64. The molecule has 1 N–H and O–H groups in total. The maximum Gasteiger partial charge on any atom is 0.257 e. The number of para-hydroxylation sites is 1. The third kappa shape index (κ3) is 4.02. The summed E-state index contributed by atoms with van der Waals surface area (Å²) in [5, 5.41) is 8.44. The lowest BCUT2D eigenvalue weighted by molar-refractivity contribution is 0.0996. The summed E-state index contributed by atoms with van der Waals surface area (Å²) in [6, 6.07) is 29.1. The summed E-state index contributed by atoms with van der Waals surface area (Å²) in [6.45, 7) is 1.85. The quantitative estimate of drug-likeness (QED) is 0.387. The zero-order chi connectivity index (χ0) is 22.8. The van der Waals surface area contributed by atoms with Gasteiger partial charge in [-0.1, -0.05) is 66.7 Å². The number of carbonyl (C=O) groups excluding carboxylic acids is 2. The first-order valence-electron chi connectivity index (χ1n) is 10.5. The Hall–Kier alpha value is -4.58. The number of hydrogen-bond acceptors (Lipinski definition) is 4. The number of aromatic nitrogens is 3. The molecule has 0 saturated carbocycles. The minimum atomic E-state index is -0.392. The van der Waals surface area contributed by atoms with E-state index in [4.69, 9.17) is 0 Å². The number of rotatable bonds is 5. The lowest BCUT2D eigenvalue weighted by Gasteiger charge is -2.11. The number of nitrogens with zero attached hydrogens (tertiary/aromatic N) is 3. The van der Waals surface area contributed by atoms with Crippen LogP contribution in [0.25, 0.3) is 16.7 Å². The van der Waals surface area contributed by atoms with Crippen molar-refractivity contribution in [1.29, 1.82) is 0 Å². The summed E-state index contributed by atoms with van der Waals surface area (Å²) >= 11 is 0. The number of nitrogens with one attached hydrogen (secondary N) is 1. The highest BCUT2D eigenvalue weighted by atomic mass is 16.2. The van der Waals surface area contributed by atoms with Crippen LogP contribution in [0.5, 0.6) is 0 Å². The standard InChI is InChI=1S/C27H20N4O2/c1-18-17-25(31(30-18)24-16-15-19-9-5-8-14-23(19)28-24)29-27(33)22-13-7-6-12-21(22)26(32)20-10-3-2-4-11-20/h2-17H,1H3,(H,29,33). The summed E-state index contributed by atoms with van der Waals surface area (Å²) < 4.78 is 1.60. The molecular weight excluding hydrogens is 412 g/mol. The molecule has 0 atom stereocenters. The normalized spacial score (nSPS) is 10.8. The largest absolute Gasteiger partial charge is 0.306 e. The van der Waals surface area contributed by atoms with Crippen molar-refractivity contribution >= 4 is 28.4 Å². The van der Waals surface area contributed by atoms with E-state index in [2.05, 4.69) is 15.4 Å². The van der Waals surface area contributed by atoms with E-state index in [1.165, 1.54) is 0 Å². The molecule has 0 aliphatic heterocycles. The molecule has 1 amide bonds. The fraction of sp³-hybridized carbons (Fsp3) is 0.0370. The van der Waals surface area contributed by atoms with Gasteiger partial charge in [-0.05, 0) is 31.2 Å². The fourth-order valence-corrected chi connectivity index (χ4v) is 3.74. The van der Waals surface area contributed by atoms with E-state index in [1.807, 2.05) is 49.4 Å². The summed E-state index contributed by atoms with van der Waals surface area (Å²) in [5.41, 5.74) is 2.73. The molecule has 0 radical (unpaired) electrons. The molecule has 0 saturated heterocycles. The number of anilines is 1. The second kappa shape index (κ2) is 8.51. The minimum Gasteiger partial charge on any atom is -0.306 e. The second-order valence-corrected chi connectivity index (χ2v) is 7.64. The van der Waals surface area contributed by atoms with Crippen LogP contribution in [0.15, 0.2) is 97.1 Å². The number of hydrogen-bond donors (Lipinski definition) is 1. The zero-order valence-electron chi connectivity index (χ0n) is 17.9. The van der Waals surface area contributed by atoms with Crippen molar-refractivity contribution in [3.05, 3.63) is 119 Å². The summed E-state index contributed by atoms with van der Waals surface area (Å²) in [4.78, 5) is 31.0. The van der Waals surface area contributed by atoms with Crippen molar-refractivity contribution in [3.63, 3.8) is 0 Å². The molecule has 5 aromatic rings. The molecule has 0 bridgehead atoms. The summed E-state index contributed by atoms with van der Waals surface area (Å²) in [7, 11) is 0. The first-order valence-corrected chi connectivity index (χ1v) is 10.5.